The van der Waals surface area contributed by atoms with E-state index in [0.29, 0.717) is 17.5 Å². The second kappa shape index (κ2) is 12.2. The number of para-hydroxylation sites is 1. The van der Waals surface area contributed by atoms with Gasteiger partial charge in [-0.3, -0.25) is 0 Å². The van der Waals surface area contributed by atoms with E-state index >= 15 is 0 Å². The highest BCUT2D eigenvalue weighted by Gasteiger charge is 2.22. The molecule has 0 radical (unpaired) electrons. The Balaban J connectivity index is 1.25. The van der Waals surface area contributed by atoms with Crippen molar-refractivity contribution < 1.29 is 0 Å². The molecule has 0 atom stereocenters. The molecular weight excluding hydrogens is 701 g/mol. The van der Waals surface area contributed by atoms with E-state index < -0.39 is 0 Å². The van der Waals surface area contributed by atoms with Crippen LogP contribution in [0.15, 0.2) is 182 Å². The van der Waals surface area contributed by atoms with Gasteiger partial charge in [-0.15, -0.1) is 11.3 Å². The average molecular weight is 731 g/mol. The first kappa shape index (κ1) is 31.2. The molecule has 0 aliphatic heterocycles. The summed E-state index contributed by atoms with van der Waals surface area (Å²) in [6, 6.07) is 65.0. The van der Waals surface area contributed by atoms with Crippen molar-refractivity contribution in [2.45, 2.75) is 0 Å². The van der Waals surface area contributed by atoms with Crippen LogP contribution in [-0.2, 0) is 0 Å². The maximum absolute atomic E-state index is 5.23. The maximum atomic E-state index is 5.23. The number of benzene rings is 9. The van der Waals surface area contributed by atoms with Crippen LogP contribution in [0.5, 0.6) is 0 Å². The summed E-state index contributed by atoms with van der Waals surface area (Å²) in [5.41, 5.74) is 6.24. The van der Waals surface area contributed by atoms with Crippen LogP contribution in [0.3, 0.4) is 0 Å². The molecule has 0 aliphatic rings. The van der Waals surface area contributed by atoms with Crippen LogP contribution in [0.4, 0.5) is 0 Å². The van der Waals surface area contributed by atoms with Crippen molar-refractivity contribution in [3.05, 3.63) is 182 Å². The maximum Gasteiger partial charge on any atom is 0.164 e. The van der Waals surface area contributed by atoms with Crippen LogP contribution < -0.4 is 0 Å². The predicted molar refractivity (Wildman–Crippen MR) is 236 cm³/mol. The molecule has 56 heavy (non-hydrogen) atoms. The Labute approximate surface area is 325 Å². The molecule has 3 heterocycles. The molecule has 0 spiro atoms. The minimum Gasteiger partial charge on any atom is -0.309 e. The van der Waals surface area contributed by atoms with Gasteiger partial charge in [0.05, 0.1) is 16.7 Å². The van der Waals surface area contributed by atoms with Gasteiger partial charge in [0.1, 0.15) is 0 Å². The van der Waals surface area contributed by atoms with Crippen molar-refractivity contribution in [1.29, 1.82) is 0 Å². The molecule has 5 heteroatoms. The molecule has 0 N–H and O–H groups in total. The smallest absolute Gasteiger partial charge is 0.164 e. The van der Waals surface area contributed by atoms with E-state index in [1.807, 2.05) is 47.7 Å². The second-order valence-corrected chi connectivity index (χ2v) is 15.4. The summed E-state index contributed by atoms with van der Waals surface area (Å²) in [6.07, 6.45) is 0. The van der Waals surface area contributed by atoms with E-state index in [0.717, 1.165) is 33.3 Å². The monoisotopic (exact) mass is 730 g/mol. The Morgan fingerprint density at radius 3 is 1.52 bits per heavy atom. The van der Waals surface area contributed by atoms with Crippen molar-refractivity contribution in [3.63, 3.8) is 0 Å². The van der Waals surface area contributed by atoms with Gasteiger partial charge in [0, 0.05) is 53.0 Å². The standard InChI is InChI=1S/C51H30N4S/c1-3-15-31(16-4-1)49-52-50(32-17-5-2-6-18-32)54-51(53-49)33-27-42-36-21-8-7-19-34(36)35-20-9-10-24-39(35)48(42)45(28-33)55-43-25-13-11-22-37(43)40-29-41-38-23-12-14-26-46(38)56-47(41)30-44(40)55/h1-30H. The van der Waals surface area contributed by atoms with Crippen LogP contribution >= 0.6 is 11.3 Å². The molecule has 0 unspecified atom stereocenters. The van der Waals surface area contributed by atoms with E-state index in [2.05, 4.69) is 150 Å². The normalized spacial score (nSPS) is 11.9. The van der Waals surface area contributed by atoms with E-state index in [9.17, 15) is 0 Å². The molecule has 12 rings (SSSR count). The molecular formula is C51H30N4S. The zero-order valence-electron chi connectivity index (χ0n) is 30.0. The molecule has 260 valence electrons. The van der Waals surface area contributed by atoms with Crippen molar-refractivity contribution in [1.82, 2.24) is 19.5 Å². The number of hydrogen-bond donors (Lipinski definition) is 0. The lowest BCUT2D eigenvalue weighted by Crippen LogP contribution is -2.02. The van der Waals surface area contributed by atoms with Gasteiger partial charge >= 0.3 is 0 Å². The summed E-state index contributed by atoms with van der Waals surface area (Å²) in [7, 11) is 0. The highest BCUT2D eigenvalue weighted by Crippen LogP contribution is 2.45. The van der Waals surface area contributed by atoms with Gasteiger partial charge in [0.15, 0.2) is 17.5 Å². The number of nitrogens with zero attached hydrogens (tertiary/aromatic N) is 4. The Morgan fingerprint density at radius 2 is 0.839 bits per heavy atom. The lowest BCUT2D eigenvalue weighted by atomic mass is 9.91. The van der Waals surface area contributed by atoms with E-state index in [-0.39, 0.29) is 0 Å². The summed E-state index contributed by atoms with van der Waals surface area (Å²) in [4.78, 5) is 15.5. The van der Waals surface area contributed by atoms with Crippen molar-refractivity contribution in [2.24, 2.45) is 0 Å². The van der Waals surface area contributed by atoms with Crippen molar-refractivity contribution in [2.75, 3.05) is 0 Å². The minimum atomic E-state index is 0.630. The molecule has 0 fully saturated rings. The SMILES string of the molecule is c1ccc(-c2nc(-c3ccccc3)nc(-c3cc(-n4c5ccccc5c5cc6c(cc54)sc4ccccc46)c4c5ccccc5c5ccccc5c4c3)n2)cc1. The first-order chi connectivity index (χ1) is 27.8. The fourth-order valence-electron chi connectivity index (χ4n) is 8.70. The van der Waals surface area contributed by atoms with Crippen LogP contribution in [0.1, 0.15) is 0 Å². The second-order valence-electron chi connectivity index (χ2n) is 14.4. The Hall–Kier alpha value is -7.21. The fourth-order valence-corrected chi connectivity index (χ4v) is 9.82. The van der Waals surface area contributed by atoms with Gasteiger partial charge in [0.25, 0.3) is 0 Å². The number of rotatable bonds is 4. The Kier molecular flexibility index (Phi) is 6.76. The average Bonchev–Trinajstić information content (AvgIpc) is 3.80. The molecule has 12 aromatic rings. The van der Waals surface area contributed by atoms with Crippen LogP contribution in [0, 0.1) is 0 Å². The lowest BCUT2D eigenvalue weighted by molar-refractivity contribution is 1.07. The molecule has 9 aromatic carbocycles. The summed E-state index contributed by atoms with van der Waals surface area (Å²) in [5, 5.41) is 12.3. The summed E-state index contributed by atoms with van der Waals surface area (Å²) >= 11 is 1.86. The first-order valence-corrected chi connectivity index (χ1v) is 19.7. The van der Waals surface area contributed by atoms with E-state index in [4.69, 9.17) is 15.0 Å². The molecule has 3 aromatic heterocycles. The van der Waals surface area contributed by atoms with Crippen molar-refractivity contribution in [3.8, 4) is 39.9 Å². The fraction of sp³-hybridized carbons (Fsp3) is 0. The zero-order valence-corrected chi connectivity index (χ0v) is 30.8. The summed E-state index contributed by atoms with van der Waals surface area (Å²) in [5.74, 6) is 1.91. The van der Waals surface area contributed by atoms with Gasteiger partial charge in [-0.25, -0.2) is 15.0 Å². The largest absolute Gasteiger partial charge is 0.309 e. The molecule has 0 amide bonds. The van der Waals surface area contributed by atoms with Crippen LogP contribution in [-0.4, -0.2) is 19.5 Å². The number of thiophene rings is 1. The van der Waals surface area contributed by atoms with Gasteiger partial charge < -0.3 is 4.57 Å². The first-order valence-electron chi connectivity index (χ1n) is 18.9. The molecule has 0 aliphatic carbocycles. The minimum absolute atomic E-state index is 0.630. The van der Waals surface area contributed by atoms with Crippen molar-refractivity contribution >= 4 is 85.6 Å². The topological polar surface area (TPSA) is 43.6 Å². The van der Waals surface area contributed by atoms with E-state index in [1.165, 1.54) is 63.4 Å². The van der Waals surface area contributed by atoms with Crippen LogP contribution in [0.25, 0.3) is 114 Å². The third kappa shape index (κ3) is 4.68. The number of hydrogen-bond acceptors (Lipinski definition) is 4. The quantitative estimate of drug-likeness (QED) is 0.169. The molecule has 4 nitrogen and oxygen atoms in total. The Bertz CT molecular complexity index is 3470. The molecule has 0 saturated carbocycles. The van der Waals surface area contributed by atoms with Gasteiger partial charge in [0.2, 0.25) is 0 Å². The van der Waals surface area contributed by atoms with Gasteiger partial charge in [-0.05, 0) is 63.3 Å². The highest BCUT2D eigenvalue weighted by molar-refractivity contribution is 7.25. The third-order valence-electron chi connectivity index (χ3n) is 11.2. The Morgan fingerprint density at radius 1 is 0.321 bits per heavy atom. The van der Waals surface area contributed by atoms with E-state index in [1.54, 1.807) is 0 Å². The molecule has 0 saturated heterocycles. The predicted octanol–water partition coefficient (Wildman–Crippen LogP) is 13.8. The van der Waals surface area contributed by atoms with Gasteiger partial charge in [-0.2, -0.15) is 0 Å². The highest BCUT2D eigenvalue weighted by atomic mass is 32.1. The number of fused-ring (bicyclic) bond motifs is 12. The lowest BCUT2D eigenvalue weighted by Gasteiger charge is -2.18. The zero-order chi connectivity index (χ0) is 36.7. The third-order valence-corrected chi connectivity index (χ3v) is 12.3. The van der Waals surface area contributed by atoms with Crippen LogP contribution in [0.2, 0.25) is 0 Å². The van der Waals surface area contributed by atoms with Gasteiger partial charge in [-0.1, -0.05) is 146 Å². The molecule has 0 bridgehead atoms. The summed E-state index contributed by atoms with van der Waals surface area (Å²) < 4.78 is 5.06. The number of aromatic nitrogens is 4. The summed E-state index contributed by atoms with van der Waals surface area (Å²) in [6.45, 7) is 0.